The van der Waals surface area contributed by atoms with E-state index in [1.807, 2.05) is 6.92 Å². The van der Waals surface area contributed by atoms with Gasteiger partial charge in [0.05, 0.1) is 48.1 Å². The van der Waals surface area contributed by atoms with Crippen molar-refractivity contribution in [1.82, 2.24) is 4.90 Å². The predicted octanol–water partition coefficient (Wildman–Crippen LogP) is 2.14. The molecule has 1 saturated heterocycles. The first-order valence-corrected chi connectivity index (χ1v) is 19.4. The summed E-state index contributed by atoms with van der Waals surface area (Å²) in [6.07, 6.45) is -0.566. The molecule has 5 aliphatic carbocycles. The molecule has 1 aromatic carbocycles. The lowest BCUT2D eigenvalue weighted by atomic mass is 9.42. The lowest BCUT2D eigenvalue weighted by molar-refractivity contribution is -0.319. The van der Waals surface area contributed by atoms with Crippen LogP contribution in [0, 0.1) is 46.3 Å². The molecule has 2 amide bonds. The van der Waals surface area contributed by atoms with Crippen LogP contribution in [0.15, 0.2) is 24.3 Å². The molecule has 54 heavy (non-hydrogen) atoms. The van der Waals surface area contributed by atoms with E-state index in [4.69, 9.17) is 29.4 Å². The van der Waals surface area contributed by atoms with Crippen molar-refractivity contribution in [3.63, 3.8) is 0 Å². The Morgan fingerprint density at radius 1 is 1.06 bits per heavy atom. The maximum absolute atomic E-state index is 14.0. The molecular weight excluding hydrogens is 698 g/mol. The number of ether oxygens (including phenoxy) is 5. The SMILES string of the molecule is CCN1CC2(COC(=O)c3ccccc3NC(=O)CC(C)C(N)=O)CCC(OC)C34C5CC6C(OC)CC(O)(C5C6OC(=O)C(C)C)C(O)(C(OC)C23)C14. The van der Waals surface area contributed by atoms with E-state index in [-0.39, 0.29) is 60.5 Å². The van der Waals surface area contributed by atoms with Crippen LogP contribution in [0.2, 0.25) is 0 Å². The second-order valence-electron chi connectivity index (χ2n) is 17.2. The van der Waals surface area contributed by atoms with E-state index in [1.165, 1.54) is 0 Å². The van der Waals surface area contributed by atoms with Gasteiger partial charge in [-0.05, 0) is 43.9 Å². The van der Waals surface area contributed by atoms with Crippen LogP contribution >= 0.6 is 0 Å². The smallest absolute Gasteiger partial charge is 0.340 e. The first-order valence-electron chi connectivity index (χ1n) is 19.4. The number of nitrogens with one attached hydrogen (secondary N) is 1. The van der Waals surface area contributed by atoms with Crippen molar-refractivity contribution in [2.45, 2.75) is 101 Å². The number of amides is 2. The number of likely N-dealkylation sites (N-methyl/N-ethyl adjacent to an activating group) is 1. The summed E-state index contributed by atoms with van der Waals surface area (Å²) >= 11 is 0. The molecule has 0 radical (unpaired) electrons. The molecular formula is C40H57N3O11. The minimum absolute atomic E-state index is 0.0134. The molecule has 6 fully saturated rings. The molecule has 0 aromatic heterocycles. The number of nitrogens with two attached hydrogens (primary N) is 1. The molecule has 5 N–H and O–H groups in total. The standard InChI is InChI=1S/C40H57N3O11/c1-8-43-18-37(19-53-35(47)22-11-9-10-12-25(22)42-28(44)15-21(4)33(41)45)14-13-27(51-6)39-24-16-23-26(50-5)17-38(48,29(24)30(23)54-34(46)20(2)3)40(49,36(39)43)32(52-7)31(37)39/h9-12,20-21,23-24,26-27,29-32,36,48-49H,8,13-19H2,1-7H3,(H2,41,45)(H,42,44). The van der Waals surface area contributed by atoms with E-state index in [2.05, 4.69) is 10.2 Å². The molecule has 1 aromatic rings. The number of carbonyl (C=O) groups is 4. The van der Waals surface area contributed by atoms with Gasteiger partial charge < -0.3 is 44.9 Å². The molecule has 1 heterocycles. The molecule has 7 rings (SSSR count). The number of esters is 2. The number of piperidine rings is 1. The molecule has 14 nitrogen and oxygen atoms in total. The molecule has 14 unspecified atom stereocenters. The summed E-state index contributed by atoms with van der Waals surface area (Å²) in [7, 11) is 4.87. The third-order valence-electron chi connectivity index (χ3n) is 14.6. The van der Waals surface area contributed by atoms with Crippen LogP contribution in [0.4, 0.5) is 5.69 Å². The third kappa shape index (κ3) is 5.19. The molecule has 1 spiro atoms. The van der Waals surface area contributed by atoms with Gasteiger partial charge in [-0.25, -0.2) is 4.79 Å². The average Bonchev–Trinajstić information content (AvgIpc) is 3.54. The molecule has 14 heteroatoms. The average molecular weight is 756 g/mol. The second kappa shape index (κ2) is 13.8. The molecule has 6 aliphatic rings. The number of hydrogen-bond acceptors (Lipinski definition) is 12. The maximum Gasteiger partial charge on any atom is 0.340 e. The van der Waals surface area contributed by atoms with Crippen molar-refractivity contribution < 1.29 is 53.1 Å². The molecule has 5 saturated carbocycles. The minimum Gasteiger partial charge on any atom is -0.461 e. The lowest BCUT2D eigenvalue weighted by Crippen LogP contribution is -2.82. The van der Waals surface area contributed by atoms with E-state index < -0.39 is 81.9 Å². The summed E-state index contributed by atoms with van der Waals surface area (Å²) in [5, 5.41) is 29.7. The quantitative estimate of drug-likeness (QED) is 0.215. The fraction of sp³-hybridized carbons (Fsp3) is 0.750. The Balaban J connectivity index is 1.29. The van der Waals surface area contributed by atoms with Crippen LogP contribution in [-0.2, 0) is 38.1 Å². The number of anilines is 1. The number of aliphatic hydroxyl groups is 2. The summed E-state index contributed by atoms with van der Waals surface area (Å²) in [6, 6.07) is 5.99. The van der Waals surface area contributed by atoms with Crippen molar-refractivity contribution in [3.05, 3.63) is 29.8 Å². The number of likely N-dealkylation sites (tertiary alicyclic amines) is 1. The van der Waals surface area contributed by atoms with E-state index in [0.29, 0.717) is 32.4 Å². The Morgan fingerprint density at radius 2 is 1.78 bits per heavy atom. The summed E-state index contributed by atoms with van der Waals surface area (Å²) in [6.45, 7) is 8.17. The Kier molecular flexibility index (Phi) is 10.00. The number of methoxy groups -OCH3 is 3. The number of nitrogens with zero attached hydrogens (tertiary/aromatic N) is 1. The summed E-state index contributed by atoms with van der Waals surface area (Å²) in [4.78, 5) is 53.9. The van der Waals surface area contributed by atoms with Gasteiger partial charge in [0.25, 0.3) is 0 Å². The largest absolute Gasteiger partial charge is 0.461 e. The zero-order valence-corrected chi connectivity index (χ0v) is 32.4. The van der Waals surface area contributed by atoms with Gasteiger partial charge in [-0.1, -0.05) is 39.8 Å². The summed E-state index contributed by atoms with van der Waals surface area (Å²) in [5.74, 6) is -4.60. The number of carbonyl (C=O) groups excluding carboxylic acids is 4. The van der Waals surface area contributed by atoms with Crippen LogP contribution in [-0.4, -0.2) is 122 Å². The minimum atomic E-state index is -1.83. The van der Waals surface area contributed by atoms with Crippen LogP contribution in [0.25, 0.3) is 0 Å². The van der Waals surface area contributed by atoms with Crippen molar-refractivity contribution >= 4 is 29.4 Å². The van der Waals surface area contributed by atoms with Gasteiger partial charge in [0.15, 0.2) is 0 Å². The van der Waals surface area contributed by atoms with Crippen molar-refractivity contribution in [3.8, 4) is 0 Å². The van der Waals surface area contributed by atoms with Gasteiger partial charge in [0, 0.05) is 75.2 Å². The Morgan fingerprint density at radius 3 is 2.41 bits per heavy atom. The normalized spacial score (nSPS) is 42.0. The topological polar surface area (TPSA) is 196 Å². The highest BCUT2D eigenvalue weighted by Crippen LogP contribution is 2.80. The van der Waals surface area contributed by atoms with Gasteiger partial charge in [-0.3, -0.25) is 19.3 Å². The van der Waals surface area contributed by atoms with E-state index in [9.17, 15) is 29.4 Å². The fourth-order valence-corrected chi connectivity index (χ4v) is 12.7. The van der Waals surface area contributed by atoms with Crippen LogP contribution in [0.1, 0.15) is 70.2 Å². The predicted molar refractivity (Wildman–Crippen MR) is 194 cm³/mol. The highest BCUT2D eigenvalue weighted by Gasteiger charge is 2.92. The van der Waals surface area contributed by atoms with E-state index in [0.717, 1.165) is 0 Å². The molecule has 7 bridgehead atoms. The van der Waals surface area contributed by atoms with Crippen LogP contribution < -0.4 is 11.1 Å². The zero-order chi connectivity index (χ0) is 39.1. The maximum atomic E-state index is 14.0. The van der Waals surface area contributed by atoms with Crippen LogP contribution in [0.5, 0.6) is 0 Å². The molecule has 298 valence electrons. The van der Waals surface area contributed by atoms with Gasteiger partial charge >= 0.3 is 11.9 Å². The summed E-state index contributed by atoms with van der Waals surface area (Å²) in [5.41, 5.74) is 0.695. The zero-order valence-electron chi connectivity index (χ0n) is 32.4. The number of primary amides is 1. The summed E-state index contributed by atoms with van der Waals surface area (Å²) < 4.78 is 31.5. The highest BCUT2D eigenvalue weighted by molar-refractivity contribution is 6.02. The number of hydrogen-bond donors (Lipinski definition) is 4. The van der Waals surface area contributed by atoms with E-state index in [1.54, 1.807) is 66.4 Å². The van der Waals surface area contributed by atoms with Gasteiger partial charge in [-0.2, -0.15) is 0 Å². The van der Waals surface area contributed by atoms with Crippen molar-refractivity contribution in [2.24, 2.45) is 52.1 Å². The fourth-order valence-electron chi connectivity index (χ4n) is 12.7. The van der Waals surface area contributed by atoms with Gasteiger partial charge in [0.1, 0.15) is 17.3 Å². The monoisotopic (exact) mass is 755 g/mol. The molecule has 1 aliphatic heterocycles. The van der Waals surface area contributed by atoms with Gasteiger partial charge in [-0.15, -0.1) is 0 Å². The van der Waals surface area contributed by atoms with Gasteiger partial charge in [0.2, 0.25) is 11.8 Å². The lowest BCUT2D eigenvalue weighted by Gasteiger charge is -2.70. The third-order valence-corrected chi connectivity index (χ3v) is 14.6. The number of fused-ring (bicyclic) bond motifs is 2. The van der Waals surface area contributed by atoms with Crippen molar-refractivity contribution in [1.29, 1.82) is 0 Å². The number of benzene rings is 1. The molecule has 14 atom stereocenters. The number of rotatable bonds is 13. The first-order chi connectivity index (χ1) is 25.6. The first kappa shape index (κ1) is 39.1. The van der Waals surface area contributed by atoms with Crippen molar-refractivity contribution in [2.75, 3.05) is 46.3 Å². The second-order valence-corrected chi connectivity index (χ2v) is 17.2. The Bertz CT molecular complexity index is 1670. The number of para-hydroxylation sites is 1. The van der Waals surface area contributed by atoms with Crippen LogP contribution in [0.3, 0.4) is 0 Å². The van der Waals surface area contributed by atoms with E-state index >= 15 is 0 Å². The Labute approximate surface area is 316 Å². The Hall–Kier alpha value is -3.14. The highest BCUT2D eigenvalue weighted by atomic mass is 16.6.